The van der Waals surface area contributed by atoms with Crippen molar-refractivity contribution in [2.24, 2.45) is 0 Å². The highest BCUT2D eigenvalue weighted by atomic mass is 32.2. The van der Waals surface area contributed by atoms with Crippen LogP contribution in [0.3, 0.4) is 0 Å². The van der Waals surface area contributed by atoms with E-state index in [1.807, 2.05) is 20.8 Å². The van der Waals surface area contributed by atoms with E-state index in [0.717, 1.165) is 19.4 Å². The average molecular weight is 274 g/mol. The van der Waals surface area contributed by atoms with Crippen molar-refractivity contribution in [1.82, 2.24) is 10.0 Å². The van der Waals surface area contributed by atoms with Gasteiger partial charge in [0.05, 0.1) is 6.54 Å². The average Bonchev–Trinajstić information content (AvgIpc) is 2.75. The van der Waals surface area contributed by atoms with Gasteiger partial charge in [-0.15, -0.1) is 0 Å². The Hall–Kier alpha value is -0.850. The first-order chi connectivity index (χ1) is 8.49. The summed E-state index contributed by atoms with van der Waals surface area (Å²) >= 11 is 0. The molecule has 0 bridgehead atoms. The van der Waals surface area contributed by atoms with Gasteiger partial charge >= 0.3 is 0 Å². The van der Waals surface area contributed by atoms with Gasteiger partial charge in [0.25, 0.3) is 10.0 Å². The fourth-order valence-electron chi connectivity index (χ4n) is 1.66. The number of furan rings is 1. The van der Waals surface area contributed by atoms with Gasteiger partial charge < -0.3 is 9.73 Å². The van der Waals surface area contributed by atoms with Crippen LogP contribution in [0, 0.1) is 0 Å². The van der Waals surface area contributed by atoms with E-state index in [-0.39, 0.29) is 11.1 Å². The van der Waals surface area contributed by atoms with Gasteiger partial charge in [-0.1, -0.05) is 20.3 Å². The van der Waals surface area contributed by atoms with Gasteiger partial charge in [-0.3, -0.25) is 0 Å². The van der Waals surface area contributed by atoms with Gasteiger partial charge in [0.2, 0.25) is 5.09 Å². The van der Waals surface area contributed by atoms with Crippen molar-refractivity contribution in [2.75, 3.05) is 6.54 Å². The molecule has 1 unspecified atom stereocenters. The molecule has 5 nitrogen and oxygen atoms in total. The predicted octanol–water partition coefficient (Wildman–Crippen LogP) is 1.86. The molecule has 2 N–H and O–H groups in total. The van der Waals surface area contributed by atoms with Gasteiger partial charge in [0, 0.05) is 6.04 Å². The minimum atomic E-state index is -3.53. The van der Waals surface area contributed by atoms with Crippen molar-refractivity contribution in [1.29, 1.82) is 0 Å². The first kappa shape index (κ1) is 15.2. The lowest BCUT2D eigenvalue weighted by atomic mass is 10.2. The zero-order valence-electron chi connectivity index (χ0n) is 11.2. The van der Waals surface area contributed by atoms with Gasteiger partial charge in [0.15, 0.2) is 0 Å². The maximum atomic E-state index is 12.0. The molecule has 1 aromatic heterocycles. The SMILES string of the molecule is CCCC(C)NS(=O)(=O)c1ccc(CNCC)o1. The molecule has 1 rings (SSSR count). The second kappa shape index (κ2) is 6.92. The van der Waals surface area contributed by atoms with Crippen LogP contribution in [0.15, 0.2) is 21.6 Å². The van der Waals surface area contributed by atoms with Crippen LogP contribution in [0.5, 0.6) is 0 Å². The lowest BCUT2D eigenvalue weighted by Gasteiger charge is -2.11. The molecular weight excluding hydrogens is 252 g/mol. The Bertz CT molecular complexity index is 454. The third kappa shape index (κ3) is 4.44. The Balaban J connectivity index is 2.69. The van der Waals surface area contributed by atoms with E-state index >= 15 is 0 Å². The summed E-state index contributed by atoms with van der Waals surface area (Å²) in [6.07, 6.45) is 1.75. The maximum Gasteiger partial charge on any atom is 0.274 e. The van der Waals surface area contributed by atoms with Gasteiger partial charge in [-0.2, -0.15) is 0 Å². The minimum Gasteiger partial charge on any atom is -0.447 e. The normalized spacial score (nSPS) is 13.7. The Morgan fingerprint density at radius 1 is 1.33 bits per heavy atom. The molecule has 0 spiro atoms. The summed E-state index contributed by atoms with van der Waals surface area (Å²) < 4.78 is 31.9. The van der Waals surface area contributed by atoms with E-state index in [2.05, 4.69) is 10.0 Å². The summed E-state index contributed by atoms with van der Waals surface area (Å²) in [4.78, 5) is 0. The molecule has 0 fully saturated rings. The molecule has 6 heteroatoms. The molecule has 0 aliphatic carbocycles. The first-order valence-electron chi connectivity index (χ1n) is 6.31. The van der Waals surface area contributed by atoms with Crippen molar-refractivity contribution in [3.05, 3.63) is 17.9 Å². The Kier molecular flexibility index (Phi) is 5.84. The van der Waals surface area contributed by atoms with E-state index in [1.54, 1.807) is 6.07 Å². The molecule has 1 atom stereocenters. The summed E-state index contributed by atoms with van der Waals surface area (Å²) in [7, 11) is -3.53. The van der Waals surface area contributed by atoms with E-state index in [9.17, 15) is 8.42 Å². The van der Waals surface area contributed by atoms with Gasteiger partial charge in [0.1, 0.15) is 5.76 Å². The molecule has 0 saturated carbocycles. The molecule has 18 heavy (non-hydrogen) atoms. The number of rotatable bonds is 8. The number of nitrogens with one attached hydrogen (secondary N) is 2. The van der Waals surface area contributed by atoms with Crippen LogP contribution in [-0.2, 0) is 16.6 Å². The lowest BCUT2D eigenvalue weighted by Crippen LogP contribution is -2.32. The van der Waals surface area contributed by atoms with Gasteiger partial charge in [-0.05, 0) is 32.0 Å². The van der Waals surface area contributed by atoms with Crippen LogP contribution in [0.2, 0.25) is 0 Å². The smallest absolute Gasteiger partial charge is 0.274 e. The first-order valence-corrected chi connectivity index (χ1v) is 7.79. The quantitative estimate of drug-likeness (QED) is 0.759. The third-order valence-corrected chi connectivity index (χ3v) is 3.99. The monoisotopic (exact) mass is 274 g/mol. The third-order valence-electron chi connectivity index (χ3n) is 2.53. The topological polar surface area (TPSA) is 71.3 Å². The molecule has 0 radical (unpaired) electrons. The van der Waals surface area contributed by atoms with Crippen molar-refractivity contribution >= 4 is 10.0 Å². The standard InChI is InChI=1S/C12H22N2O3S/c1-4-6-10(3)14-18(15,16)12-8-7-11(17-12)9-13-5-2/h7-8,10,13-14H,4-6,9H2,1-3H3. The molecule has 0 aliphatic heterocycles. The molecule has 0 saturated heterocycles. The van der Waals surface area contributed by atoms with Crippen molar-refractivity contribution in [3.63, 3.8) is 0 Å². The van der Waals surface area contributed by atoms with Crippen LogP contribution < -0.4 is 10.0 Å². The zero-order valence-corrected chi connectivity index (χ0v) is 12.0. The van der Waals surface area contributed by atoms with Crippen LogP contribution >= 0.6 is 0 Å². The summed E-state index contributed by atoms with van der Waals surface area (Å²) in [5.41, 5.74) is 0. The Labute approximate surface area is 109 Å². The maximum absolute atomic E-state index is 12.0. The zero-order chi connectivity index (χ0) is 13.6. The van der Waals surface area contributed by atoms with Crippen molar-refractivity contribution in [3.8, 4) is 0 Å². The van der Waals surface area contributed by atoms with Crippen LogP contribution in [0.1, 0.15) is 39.4 Å². The van der Waals surface area contributed by atoms with E-state index in [1.165, 1.54) is 6.07 Å². The fraction of sp³-hybridized carbons (Fsp3) is 0.667. The largest absolute Gasteiger partial charge is 0.447 e. The molecule has 0 amide bonds. The molecule has 1 heterocycles. The molecular formula is C12H22N2O3S. The van der Waals surface area contributed by atoms with Crippen LogP contribution in [-0.4, -0.2) is 21.0 Å². The molecule has 1 aromatic rings. The highest BCUT2D eigenvalue weighted by Crippen LogP contribution is 2.14. The van der Waals surface area contributed by atoms with Crippen LogP contribution in [0.25, 0.3) is 0 Å². The number of hydrogen-bond donors (Lipinski definition) is 2. The summed E-state index contributed by atoms with van der Waals surface area (Å²) in [5, 5.41) is 3.07. The summed E-state index contributed by atoms with van der Waals surface area (Å²) in [5.74, 6) is 0.625. The van der Waals surface area contributed by atoms with E-state index in [4.69, 9.17) is 4.42 Å². The molecule has 104 valence electrons. The second-order valence-corrected chi connectivity index (χ2v) is 5.96. The van der Waals surface area contributed by atoms with E-state index in [0.29, 0.717) is 12.3 Å². The summed E-state index contributed by atoms with van der Waals surface area (Å²) in [6, 6.07) is 3.09. The highest BCUT2D eigenvalue weighted by Gasteiger charge is 2.20. The number of sulfonamides is 1. The number of hydrogen-bond acceptors (Lipinski definition) is 4. The van der Waals surface area contributed by atoms with E-state index < -0.39 is 10.0 Å². The fourth-order valence-corrected chi connectivity index (χ4v) is 2.89. The lowest BCUT2D eigenvalue weighted by molar-refractivity contribution is 0.399. The molecule has 0 aliphatic rings. The van der Waals surface area contributed by atoms with Crippen molar-refractivity contribution < 1.29 is 12.8 Å². The van der Waals surface area contributed by atoms with Gasteiger partial charge in [-0.25, -0.2) is 13.1 Å². The Morgan fingerprint density at radius 3 is 2.67 bits per heavy atom. The summed E-state index contributed by atoms with van der Waals surface area (Å²) in [6.45, 7) is 7.20. The van der Waals surface area contributed by atoms with Crippen molar-refractivity contribution in [2.45, 2.75) is 51.3 Å². The minimum absolute atomic E-state index is 0.0154. The van der Waals surface area contributed by atoms with Crippen LogP contribution in [0.4, 0.5) is 0 Å². The predicted molar refractivity (Wildman–Crippen MR) is 70.8 cm³/mol. The highest BCUT2D eigenvalue weighted by molar-refractivity contribution is 7.89. The second-order valence-electron chi connectivity index (χ2n) is 4.31. The molecule has 0 aromatic carbocycles. The Morgan fingerprint density at radius 2 is 2.06 bits per heavy atom.